The highest BCUT2D eigenvalue weighted by molar-refractivity contribution is 6.04. The highest BCUT2D eigenvalue weighted by atomic mass is 16.5. The molecule has 2 fully saturated rings. The normalized spacial score (nSPS) is 15.8. The molecule has 10 heteroatoms. The fourth-order valence-electron chi connectivity index (χ4n) is 4.64. The second-order valence-corrected chi connectivity index (χ2v) is 9.13. The summed E-state index contributed by atoms with van der Waals surface area (Å²) in [5, 5.41) is 8.71. The molecule has 0 atom stereocenters. The van der Waals surface area contributed by atoms with Crippen molar-refractivity contribution < 1.29 is 23.8 Å². The van der Waals surface area contributed by atoms with Crippen LogP contribution in [0, 0.1) is 0 Å². The highest BCUT2D eigenvalue weighted by Gasteiger charge is 2.21. The van der Waals surface area contributed by atoms with Crippen LogP contribution in [0.1, 0.15) is 29.6 Å². The standard InChI is InChI=1S/C27H37N5O5/c1-35-21-7-8-23(25(19-21)36-2)30-27(34)29-20-6-9-24(32-12-3-4-13-32)22(18-20)26(33)28-10-5-11-31-14-16-37-17-15-31/h6-9,18-19H,3-5,10-17H2,1-2H3,(H,28,33)(H2,29,30,34). The molecule has 37 heavy (non-hydrogen) atoms. The molecule has 2 aliphatic heterocycles. The maximum Gasteiger partial charge on any atom is 0.323 e. The summed E-state index contributed by atoms with van der Waals surface area (Å²) in [6, 6.07) is 10.2. The second-order valence-electron chi connectivity index (χ2n) is 9.13. The molecule has 10 nitrogen and oxygen atoms in total. The number of benzene rings is 2. The number of carbonyl (C=O) groups excluding carboxylic acids is 2. The summed E-state index contributed by atoms with van der Waals surface area (Å²) >= 11 is 0. The number of anilines is 3. The monoisotopic (exact) mass is 511 g/mol. The molecule has 2 aromatic carbocycles. The van der Waals surface area contributed by atoms with E-state index in [0.717, 1.165) is 70.9 Å². The Morgan fingerprint density at radius 3 is 2.46 bits per heavy atom. The van der Waals surface area contributed by atoms with Crippen LogP contribution in [0.5, 0.6) is 11.5 Å². The number of nitrogens with one attached hydrogen (secondary N) is 3. The van der Waals surface area contributed by atoms with Gasteiger partial charge in [0.2, 0.25) is 0 Å². The van der Waals surface area contributed by atoms with E-state index in [0.29, 0.717) is 35.0 Å². The lowest BCUT2D eigenvalue weighted by Gasteiger charge is -2.26. The molecule has 0 aromatic heterocycles. The van der Waals surface area contributed by atoms with E-state index < -0.39 is 6.03 Å². The van der Waals surface area contributed by atoms with Gasteiger partial charge in [-0.2, -0.15) is 0 Å². The van der Waals surface area contributed by atoms with E-state index in [1.807, 2.05) is 12.1 Å². The van der Waals surface area contributed by atoms with E-state index in [4.69, 9.17) is 14.2 Å². The van der Waals surface area contributed by atoms with Crippen LogP contribution in [0.25, 0.3) is 0 Å². The molecule has 0 spiro atoms. The van der Waals surface area contributed by atoms with E-state index in [9.17, 15) is 9.59 Å². The van der Waals surface area contributed by atoms with Crippen molar-refractivity contribution in [3.05, 3.63) is 42.0 Å². The van der Waals surface area contributed by atoms with Gasteiger partial charge in [-0.05, 0) is 56.1 Å². The Balaban J connectivity index is 1.41. The first-order valence-electron chi connectivity index (χ1n) is 12.8. The molecule has 2 aromatic rings. The molecule has 0 aliphatic carbocycles. The van der Waals surface area contributed by atoms with Gasteiger partial charge >= 0.3 is 6.03 Å². The Morgan fingerprint density at radius 1 is 0.946 bits per heavy atom. The van der Waals surface area contributed by atoms with Crippen molar-refractivity contribution in [2.24, 2.45) is 0 Å². The topological polar surface area (TPSA) is 104 Å². The number of nitrogens with zero attached hydrogens (tertiary/aromatic N) is 2. The number of urea groups is 1. The smallest absolute Gasteiger partial charge is 0.323 e. The minimum absolute atomic E-state index is 0.134. The van der Waals surface area contributed by atoms with Gasteiger partial charge in [0.15, 0.2) is 0 Å². The zero-order valence-electron chi connectivity index (χ0n) is 21.7. The number of amides is 3. The highest BCUT2D eigenvalue weighted by Crippen LogP contribution is 2.30. The van der Waals surface area contributed by atoms with Crippen molar-refractivity contribution in [1.29, 1.82) is 0 Å². The van der Waals surface area contributed by atoms with Crippen LogP contribution in [-0.2, 0) is 4.74 Å². The Bertz CT molecular complexity index is 1070. The Kier molecular flexibility index (Phi) is 9.45. The van der Waals surface area contributed by atoms with Gasteiger partial charge in [-0.1, -0.05) is 0 Å². The van der Waals surface area contributed by atoms with E-state index in [1.54, 1.807) is 31.4 Å². The average molecular weight is 512 g/mol. The Labute approximate surface area is 218 Å². The van der Waals surface area contributed by atoms with Gasteiger partial charge in [0.1, 0.15) is 11.5 Å². The third-order valence-corrected chi connectivity index (χ3v) is 6.64. The van der Waals surface area contributed by atoms with Gasteiger partial charge in [-0.3, -0.25) is 9.69 Å². The number of methoxy groups -OCH3 is 2. The zero-order chi connectivity index (χ0) is 26.0. The quantitative estimate of drug-likeness (QED) is 0.420. The fourth-order valence-corrected chi connectivity index (χ4v) is 4.64. The van der Waals surface area contributed by atoms with E-state index >= 15 is 0 Å². The molecule has 4 rings (SSSR count). The predicted octanol–water partition coefficient (Wildman–Crippen LogP) is 3.40. The lowest BCUT2D eigenvalue weighted by atomic mass is 10.1. The SMILES string of the molecule is COc1ccc(NC(=O)Nc2ccc(N3CCCC3)c(C(=O)NCCCN3CCOCC3)c2)c(OC)c1. The van der Waals surface area contributed by atoms with Crippen molar-refractivity contribution in [1.82, 2.24) is 10.2 Å². The largest absolute Gasteiger partial charge is 0.497 e. The summed E-state index contributed by atoms with van der Waals surface area (Å²) in [4.78, 5) is 30.6. The molecule has 3 N–H and O–H groups in total. The number of hydrogen-bond acceptors (Lipinski definition) is 7. The van der Waals surface area contributed by atoms with Gasteiger partial charge < -0.3 is 35.1 Å². The van der Waals surface area contributed by atoms with E-state index in [1.165, 1.54) is 7.11 Å². The van der Waals surface area contributed by atoms with E-state index in [-0.39, 0.29) is 5.91 Å². The van der Waals surface area contributed by atoms with Crippen LogP contribution >= 0.6 is 0 Å². The Morgan fingerprint density at radius 2 is 1.73 bits per heavy atom. The maximum atomic E-state index is 13.2. The number of ether oxygens (including phenoxy) is 3. The summed E-state index contributed by atoms with van der Waals surface area (Å²) in [7, 11) is 3.10. The van der Waals surface area contributed by atoms with Crippen LogP contribution in [0.3, 0.4) is 0 Å². The molecular formula is C27H37N5O5. The molecule has 2 heterocycles. The fraction of sp³-hybridized carbons (Fsp3) is 0.481. The molecule has 0 unspecified atom stereocenters. The van der Waals surface area contributed by atoms with Crippen LogP contribution in [0.4, 0.5) is 21.9 Å². The minimum atomic E-state index is -0.436. The Hall–Kier alpha value is -3.50. The van der Waals surface area contributed by atoms with Crippen molar-refractivity contribution in [3.63, 3.8) is 0 Å². The molecule has 2 saturated heterocycles. The van der Waals surface area contributed by atoms with Crippen LogP contribution in [0.2, 0.25) is 0 Å². The van der Waals surface area contributed by atoms with Gasteiger partial charge in [0.25, 0.3) is 5.91 Å². The van der Waals surface area contributed by atoms with E-state index in [2.05, 4.69) is 25.8 Å². The second kappa shape index (κ2) is 13.2. The lowest BCUT2D eigenvalue weighted by Crippen LogP contribution is -2.38. The van der Waals surface area contributed by atoms with Crippen molar-refractivity contribution in [3.8, 4) is 11.5 Å². The number of carbonyl (C=O) groups is 2. The molecule has 3 amide bonds. The third-order valence-electron chi connectivity index (χ3n) is 6.64. The summed E-state index contributed by atoms with van der Waals surface area (Å²) in [5.41, 5.74) is 2.50. The van der Waals surface area contributed by atoms with Crippen LogP contribution in [-0.4, -0.2) is 83.5 Å². The van der Waals surface area contributed by atoms with Gasteiger partial charge in [0.05, 0.1) is 38.7 Å². The number of rotatable bonds is 10. The summed E-state index contributed by atoms with van der Waals surface area (Å²) < 4.78 is 16.0. The molecule has 0 bridgehead atoms. The van der Waals surface area contributed by atoms with Gasteiger partial charge in [-0.25, -0.2) is 4.79 Å². The number of hydrogen-bond donors (Lipinski definition) is 3. The van der Waals surface area contributed by atoms with Crippen molar-refractivity contribution >= 4 is 29.0 Å². The van der Waals surface area contributed by atoms with Crippen molar-refractivity contribution in [2.75, 3.05) is 82.2 Å². The summed E-state index contributed by atoms with van der Waals surface area (Å²) in [6.07, 6.45) is 3.08. The van der Waals surface area contributed by atoms with Crippen molar-refractivity contribution in [2.45, 2.75) is 19.3 Å². The van der Waals surface area contributed by atoms with Crippen LogP contribution < -0.4 is 30.3 Å². The number of morpholine rings is 1. The first-order valence-corrected chi connectivity index (χ1v) is 12.8. The molecule has 0 saturated carbocycles. The zero-order valence-corrected chi connectivity index (χ0v) is 21.7. The molecule has 0 radical (unpaired) electrons. The maximum absolute atomic E-state index is 13.2. The minimum Gasteiger partial charge on any atom is -0.497 e. The summed E-state index contributed by atoms with van der Waals surface area (Å²) in [5.74, 6) is 0.974. The average Bonchev–Trinajstić information content (AvgIpc) is 3.46. The van der Waals surface area contributed by atoms with Crippen LogP contribution in [0.15, 0.2) is 36.4 Å². The molecular weight excluding hydrogens is 474 g/mol. The first kappa shape index (κ1) is 26.6. The third kappa shape index (κ3) is 7.27. The molecule has 2 aliphatic rings. The molecule has 200 valence electrons. The first-order chi connectivity index (χ1) is 18.1. The summed E-state index contributed by atoms with van der Waals surface area (Å²) in [6.45, 7) is 6.76. The van der Waals surface area contributed by atoms with Gasteiger partial charge in [0, 0.05) is 50.2 Å². The van der Waals surface area contributed by atoms with Gasteiger partial charge in [-0.15, -0.1) is 0 Å². The lowest BCUT2D eigenvalue weighted by molar-refractivity contribution is 0.0374. The predicted molar refractivity (Wildman–Crippen MR) is 144 cm³/mol.